The van der Waals surface area contributed by atoms with E-state index in [1.807, 2.05) is 45.9 Å². The number of ketones is 3. The van der Waals surface area contributed by atoms with Gasteiger partial charge in [0.2, 0.25) is 0 Å². The van der Waals surface area contributed by atoms with Crippen LogP contribution < -0.4 is 0 Å². The molecule has 1 aromatic carbocycles. The van der Waals surface area contributed by atoms with E-state index in [1.54, 1.807) is 24.3 Å². The van der Waals surface area contributed by atoms with Crippen molar-refractivity contribution in [2.45, 2.75) is 47.0 Å². The van der Waals surface area contributed by atoms with Crippen molar-refractivity contribution in [2.24, 2.45) is 22.7 Å². The topological polar surface area (TPSA) is 60.4 Å². The van der Waals surface area contributed by atoms with E-state index in [-0.39, 0.29) is 28.8 Å². The Morgan fingerprint density at radius 2 is 1.84 bits per heavy atom. The van der Waals surface area contributed by atoms with Gasteiger partial charge < -0.3 is 4.74 Å². The van der Waals surface area contributed by atoms with Crippen molar-refractivity contribution in [2.75, 3.05) is 7.11 Å². The van der Waals surface area contributed by atoms with Gasteiger partial charge in [-0.05, 0) is 44.4 Å². The molecule has 1 aromatic rings. The maximum atomic E-state index is 13.9. The molecule has 0 unspecified atom stereocenters. The molecule has 0 saturated heterocycles. The highest BCUT2D eigenvalue weighted by atomic mass is 16.5. The van der Waals surface area contributed by atoms with E-state index < -0.39 is 22.5 Å². The van der Waals surface area contributed by atoms with Gasteiger partial charge in [0.25, 0.3) is 0 Å². The Kier molecular flexibility index (Phi) is 6.22. The third-order valence-electron chi connectivity index (χ3n) is 7.07. The number of hydrogen-bond acceptors (Lipinski definition) is 4. The van der Waals surface area contributed by atoms with Crippen LogP contribution in [0.15, 0.2) is 66.0 Å². The lowest BCUT2D eigenvalue weighted by molar-refractivity contribution is -0.155. The second kappa shape index (κ2) is 8.41. The number of methoxy groups -OCH3 is 1. The molecule has 0 N–H and O–H groups in total. The van der Waals surface area contributed by atoms with Crippen molar-refractivity contribution in [1.29, 1.82) is 0 Å². The van der Waals surface area contributed by atoms with E-state index in [4.69, 9.17) is 4.74 Å². The van der Waals surface area contributed by atoms with Crippen LogP contribution in [-0.4, -0.2) is 24.5 Å². The maximum absolute atomic E-state index is 13.9. The molecule has 164 valence electrons. The van der Waals surface area contributed by atoms with E-state index in [2.05, 4.69) is 6.58 Å². The normalized spacial score (nSPS) is 27.0. The lowest BCUT2D eigenvalue weighted by atomic mass is 9.47. The van der Waals surface area contributed by atoms with Crippen molar-refractivity contribution in [3.8, 4) is 0 Å². The zero-order valence-electron chi connectivity index (χ0n) is 19.2. The maximum Gasteiger partial charge on any atom is 0.200 e. The minimum atomic E-state index is -1.02. The van der Waals surface area contributed by atoms with Gasteiger partial charge in [0.05, 0.1) is 18.4 Å². The minimum Gasteiger partial charge on any atom is -0.499 e. The van der Waals surface area contributed by atoms with Crippen LogP contribution in [0.1, 0.15) is 57.3 Å². The fourth-order valence-corrected chi connectivity index (χ4v) is 5.28. The quantitative estimate of drug-likeness (QED) is 0.253. The SMILES string of the molecule is C=CC[C@@H]1C[C@]2(CC=C(C)C)C(=O)[C@@H](C(=O)C(C(=O)c3ccccc3)=C2OC)C1(C)C. The van der Waals surface area contributed by atoms with Gasteiger partial charge >= 0.3 is 0 Å². The molecule has 0 amide bonds. The number of Topliss-reactive ketones (excluding diaryl/α,β-unsaturated/α-hetero) is 3. The molecule has 0 spiro atoms. The van der Waals surface area contributed by atoms with Gasteiger partial charge in [0, 0.05) is 5.56 Å². The van der Waals surface area contributed by atoms with Crippen molar-refractivity contribution in [1.82, 2.24) is 0 Å². The number of carbonyl (C=O) groups is 3. The highest BCUT2D eigenvalue weighted by Crippen LogP contribution is 2.60. The summed E-state index contributed by atoms with van der Waals surface area (Å²) in [5.41, 5.74) is -0.0744. The van der Waals surface area contributed by atoms with E-state index >= 15 is 0 Å². The zero-order valence-corrected chi connectivity index (χ0v) is 19.2. The van der Waals surface area contributed by atoms with Crippen LogP contribution in [0.25, 0.3) is 0 Å². The Balaban J connectivity index is 2.31. The second-order valence-corrected chi connectivity index (χ2v) is 9.58. The second-order valence-electron chi connectivity index (χ2n) is 9.58. The average molecular weight is 421 g/mol. The highest BCUT2D eigenvalue weighted by Gasteiger charge is 2.64. The summed E-state index contributed by atoms with van der Waals surface area (Å²) in [4.78, 5) is 41.2. The first-order valence-corrected chi connectivity index (χ1v) is 10.8. The van der Waals surface area contributed by atoms with Gasteiger partial charge in [-0.15, -0.1) is 6.58 Å². The molecular weight excluding hydrogens is 388 g/mol. The van der Waals surface area contributed by atoms with E-state index in [0.717, 1.165) is 5.57 Å². The molecule has 0 radical (unpaired) electrons. The smallest absolute Gasteiger partial charge is 0.200 e. The van der Waals surface area contributed by atoms with E-state index in [1.165, 1.54) is 7.11 Å². The highest BCUT2D eigenvalue weighted by molar-refractivity contribution is 6.33. The van der Waals surface area contributed by atoms with E-state index in [0.29, 0.717) is 24.8 Å². The number of hydrogen-bond donors (Lipinski definition) is 0. The monoisotopic (exact) mass is 420 g/mol. The Bertz CT molecular complexity index is 976. The first-order valence-electron chi connectivity index (χ1n) is 10.8. The van der Waals surface area contributed by atoms with Crippen LogP contribution in [0, 0.1) is 22.7 Å². The molecule has 2 aliphatic carbocycles. The lowest BCUT2D eigenvalue weighted by Gasteiger charge is -2.54. The first-order chi connectivity index (χ1) is 14.6. The summed E-state index contributed by atoms with van der Waals surface area (Å²) in [6, 6.07) is 8.74. The Morgan fingerprint density at radius 3 is 2.39 bits per heavy atom. The molecule has 2 aliphatic rings. The summed E-state index contributed by atoms with van der Waals surface area (Å²) < 4.78 is 5.77. The number of allylic oxidation sites excluding steroid dienone is 5. The summed E-state index contributed by atoms with van der Waals surface area (Å²) in [7, 11) is 1.46. The number of carbonyl (C=O) groups excluding carboxylic acids is 3. The van der Waals surface area contributed by atoms with Crippen molar-refractivity contribution in [3.63, 3.8) is 0 Å². The molecule has 3 rings (SSSR count). The molecule has 0 heterocycles. The first kappa shape index (κ1) is 22.9. The summed E-state index contributed by atoms with van der Waals surface area (Å²) in [5, 5.41) is 0. The predicted molar refractivity (Wildman–Crippen MR) is 121 cm³/mol. The van der Waals surface area contributed by atoms with Crippen molar-refractivity contribution < 1.29 is 19.1 Å². The number of ether oxygens (including phenoxy) is 1. The Labute approximate surface area is 185 Å². The van der Waals surface area contributed by atoms with Gasteiger partial charge in [-0.2, -0.15) is 0 Å². The van der Waals surface area contributed by atoms with Gasteiger partial charge in [-0.3, -0.25) is 14.4 Å². The molecule has 2 bridgehead atoms. The number of rotatable bonds is 7. The van der Waals surface area contributed by atoms with Crippen LogP contribution in [0.4, 0.5) is 0 Å². The van der Waals surface area contributed by atoms with Crippen LogP contribution in [0.5, 0.6) is 0 Å². The molecule has 0 aliphatic heterocycles. The van der Waals surface area contributed by atoms with Gasteiger partial charge in [-0.1, -0.05) is 61.9 Å². The number of fused-ring (bicyclic) bond motifs is 2. The Hall–Kier alpha value is -2.75. The summed E-state index contributed by atoms with van der Waals surface area (Å²) >= 11 is 0. The van der Waals surface area contributed by atoms with Crippen molar-refractivity contribution in [3.05, 3.63) is 71.5 Å². The fourth-order valence-electron chi connectivity index (χ4n) is 5.28. The standard InChI is InChI=1S/C27H32O4/c1-7-11-19-16-27(15-14-17(2)3)24(30)21(26(19,4)5)23(29)20(25(27)31-6)22(28)18-12-9-8-10-13-18/h7-10,12-14,19,21H,1,11,15-16H2,2-6H3/t19-,21-,27-/m1/s1. The molecule has 4 nitrogen and oxygen atoms in total. The third-order valence-corrected chi connectivity index (χ3v) is 7.07. The molecule has 31 heavy (non-hydrogen) atoms. The van der Waals surface area contributed by atoms with Crippen LogP contribution >= 0.6 is 0 Å². The van der Waals surface area contributed by atoms with Crippen molar-refractivity contribution >= 4 is 17.3 Å². The predicted octanol–water partition coefficient (Wildman–Crippen LogP) is 5.50. The average Bonchev–Trinajstić information content (AvgIpc) is 2.73. The lowest BCUT2D eigenvalue weighted by Crippen LogP contribution is -2.59. The van der Waals surface area contributed by atoms with Crippen LogP contribution in [0.2, 0.25) is 0 Å². The summed E-state index contributed by atoms with van der Waals surface area (Å²) in [6.07, 6.45) is 5.49. The molecule has 1 saturated carbocycles. The van der Waals surface area contributed by atoms with Gasteiger partial charge in [0.15, 0.2) is 17.3 Å². The molecule has 1 fully saturated rings. The van der Waals surface area contributed by atoms with Crippen LogP contribution in [-0.2, 0) is 14.3 Å². The molecular formula is C27H32O4. The van der Waals surface area contributed by atoms with Crippen LogP contribution in [0.3, 0.4) is 0 Å². The van der Waals surface area contributed by atoms with E-state index in [9.17, 15) is 14.4 Å². The minimum absolute atomic E-state index is 0.0329. The molecule has 0 aromatic heterocycles. The third kappa shape index (κ3) is 3.62. The summed E-state index contributed by atoms with van der Waals surface area (Å²) in [5.74, 6) is -1.49. The van der Waals surface area contributed by atoms with Gasteiger partial charge in [0.1, 0.15) is 11.3 Å². The molecule has 3 atom stereocenters. The fraction of sp³-hybridized carbons (Fsp3) is 0.444. The summed E-state index contributed by atoms with van der Waals surface area (Å²) in [6.45, 7) is 11.8. The largest absolute Gasteiger partial charge is 0.499 e. The number of benzene rings is 1. The Morgan fingerprint density at radius 1 is 1.19 bits per heavy atom. The van der Waals surface area contributed by atoms with Gasteiger partial charge in [-0.25, -0.2) is 0 Å². The molecule has 4 heteroatoms. The zero-order chi connectivity index (χ0) is 23.0.